The first-order valence-corrected chi connectivity index (χ1v) is 6.11. The summed E-state index contributed by atoms with van der Waals surface area (Å²) < 4.78 is 6.47. The highest BCUT2D eigenvalue weighted by atomic mass is 79.9. The molecule has 2 rings (SSSR count). The molecular weight excluding hydrogens is 280 g/mol. The third-order valence-electron chi connectivity index (χ3n) is 2.43. The van der Waals surface area contributed by atoms with E-state index < -0.39 is 0 Å². The topological polar surface area (TPSA) is 29.5 Å². The SMILES string of the molecule is Cc1cccc(OCc2ccc(Br)cc2O)c1. The quantitative estimate of drug-likeness (QED) is 0.925. The van der Waals surface area contributed by atoms with Gasteiger partial charge in [-0.25, -0.2) is 0 Å². The van der Waals surface area contributed by atoms with Crippen molar-refractivity contribution in [3.8, 4) is 11.5 Å². The summed E-state index contributed by atoms with van der Waals surface area (Å²) in [5.41, 5.74) is 1.93. The predicted octanol–water partition coefficient (Wildman–Crippen LogP) is 4.04. The summed E-state index contributed by atoms with van der Waals surface area (Å²) in [5, 5.41) is 9.71. The second-order valence-electron chi connectivity index (χ2n) is 3.88. The second-order valence-corrected chi connectivity index (χ2v) is 4.79. The van der Waals surface area contributed by atoms with Gasteiger partial charge in [0.05, 0.1) is 0 Å². The summed E-state index contributed by atoms with van der Waals surface area (Å²) in [7, 11) is 0. The summed E-state index contributed by atoms with van der Waals surface area (Å²) in [4.78, 5) is 0. The lowest BCUT2D eigenvalue weighted by Gasteiger charge is -2.08. The monoisotopic (exact) mass is 292 g/mol. The molecule has 2 aromatic rings. The number of ether oxygens (including phenoxy) is 1. The van der Waals surface area contributed by atoms with E-state index in [1.165, 1.54) is 0 Å². The van der Waals surface area contributed by atoms with Crippen LogP contribution in [-0.4, -0.2) is 5.11 Å². The van der Waals surface area contributed by atoms with E-state index in [2.05, 4.69) is 15.9 Å². The van der Waals surface area contributed by atoms with Gasteiger partial charge in [0.25, 0.3) is 0 Å². The van der Waals surface area contributed by atoms with Gasteiger partial charge in [0, 0.05) is 10.0 Å². The minimum absolute atomic E-state index is 0.243. The van der Waals surface area contributed by atoms with Crippen LogP contribution >= 0.6 is 15.9 Å². The Morgan fingerprint density at radius 3 is 2.71 bits per heavy atom. The molecule has 0 aliphatic rings. The van der Waals surface area contributed by atoms with E-state index in [0.29, 0.717) is 6.61 Å². The molecular formula is C14H13BrO2. The first-order valence-electron chi connectivity index (χ1n) is 5.32. The molecule has 2 nitrogen and oxygen atoms in total. The van der Waals surface area contributed by atoms with Crippen molar-refractivity contribution in [3.05, 3.63) is 58.1 Å². The van der Waals surface area contributed by atoms with Crippen LogP contribution in [-0.2, 0) is 6.61 Å². The summed E-state index contributed by atoms with van der Waals surface area (Å²) in [6.45, 7) is 2.38. The van der Waals surface area contributed by atoms with Crippen molar-refractivity contribution >= 4 is 15.9 Å². The molecule has 88 valence electrons. The maximum Gasteiger partial charge on any atom is 0.123 e. The Bertz CT molecular complexity index is 523. The third-order valence-corrected chi connectivity index (χ3v) is 2.92. The molecule has 0 unspecified atom stereocenters. The number of aromatic hydroxyl groups is 1. The summed E-state index contributed by atoms with van der Waals surface area (Å²) in [6, 6.07) is 13.2. The first kappa shape index (κ1) is 12.0. The van der Waals surface area contributed by atoms with Crippen LogP contribution in [0.1, 0.15) is 11.1 Å². The number of aryl methyl sites for hydroxylation is 1. The van der Waals surface area contributed by atoms with Gasteiger partial charge in [-0.1, -0.05) is 34.1 Å². The van der Waals surface area contributed by atoms with E-state index in [0.717, 1.165) is 21.3 Å². The van der Waals surface area contributed by atoms with Gasteiger partial charge in [0.1, 0.15) is 18.1 Å². The van der Waals surface area contributed by atoms with Crippen molar-refractivity contribution < 1.29 is 9.84 Å². The van der Waals surface area contributed by atoms with Crippen LogP contribution < -0.4 is 4.74 Å². The zero-order chi connectivity index (χ0) is 12.3. The smallest absolute Gasteiger partial charge is 0.123 e. The van der Waals surface area contributed by atoms with Gasteiger partial charge in [-0.15, -0.1) is 0 Å². The molecule has 0 atom stereocenters. The van der Waals surface area contributed by atoms with Gasteiger partial charge in [0.15, 0.2) is 0 Å². The molecule has 17 heavy (non-hydrogen) atoms. The largest absolute Gasteiger partial charge is 0.507 e. The van der Waals surface area contributed by atoms with Gasteiger partial charge in [-0.05, 0) is 36.8 Å². The molecule has 0 saturated carbocycles. The van der Waals surface area contributed by atoms with Crippen LogP contribution in [0, 0.1) is 6.92 Å². The van der Waals surface area contributed by atoms with E-state index in [-0.39, 0.29) is 5.75 Å². The van der Waals surface area contributed by atoms with Crippen LogP contribution in [0.5, 0.6) is 11.5 Å². The highest BCUT2D eigenvalue weighted by Gasteiger charge is 2.02. The molecule has 0 saturated heterocycles. The summed E-state index contributed by atoms with van der Waals surface area (Å²) in [6.07, 6.45) is 0. The van der Waals surface area contributed by atoms with E-state index >= 15 is 0 Å². The molecule has 0 heterocycles. The molecule has 0 fully saturated rings. The molecule has 0 aliphatic heterocycles. The zero-order valence-corrected chi connectivity index (χ0v) is 11.1. The number of phenols is 1. The Kier molecular flexibility index (Phi) is 3.69. The number of benzene rings is 2. The van der Waals surface area contributed by atoms with E-state index in [1.807, 2.05) is 43.3 Å². The number of hydrogen-bond donors (Lipinski definition) is 1. The van der Waals surface area contributed by atoms with E-state index in [1.54, 1.807) is 6.07 Å². The van der Waals surface area contributed by atoms with Crippen LogP contribution in [0.25, 0.3) is 0 Å². The van der Waals surface area contributed by atoms with Crippen molar-refractivity contribution in [2.75, 3.05) is 0 Å². The van der Waals surface area contributed by atoms with Crippen LogP contribution in [0.4, 0.5) is 0 Å². The highest BCUT2D eigenvalue weighted by molar-refractivity contribution is 9.10. The average molecular weight is 293 g/mol. The van der Waals surface area contributed by atoms with Crippen LogP contribution in [0.3, 0.4) is 0 Å². The number of phenolic OH excluding ortho intramolecular Hbond substituents is 1. The summed E-state index contributed by atoms with van der Waals surface area (Å²) in [5.74, 6) is 1.05. The Hall–Kier alpha value is -1.48. The Morgan fingerprint density at radius 1 is 1.18 bits per heavy atom. The van der Waals surface area contributed by atoms with Gasteiger partial charge < -0.3 is 9.84 Å². The molecule has 0 spiro atoms. The molecule has 3 heteroatoms. The Morgan fingerprint density at radius 2 is 2.00 bits per heavy atom. The van der Waals surface area contributed by atoms with Gasteiger partial charge in [-0.2, -0.15) is 0 Å². The van der Waals surface area contributed by atoms with Crippen molar-refractivity contribution in [2.24, 2.45) is 0 Å². The van der Waals surface area contributed by atoms with E-state index in [9.17, 15) is 5.11 Å². The van der Waals surface area contributed by atoms with E-state index in [4.69, 9.17) is 4.74 Å². The fourth-order valence-corrected chi connectivity index (χ4v) is 1.87. The van der Waals surface area contributed by atoms with Crippen molar-refractivity contribution in [1.82, 2.24) is 0 Å². The van der Waals surface area contributed by atoms with Crippen molar-refractivity contribution in [1.29, 1.82) is 0 Å². The first-order chi connectivity index (χ1) is 8.15. The normalized spacial score (nSPS) is 10.2. The molecule has 1 N–H and O–H groups in total. The predicted molar refractivity (Wildman–Crippen MR) is 71.3 cm³/mol. The fourth-order valence-electron chi connectivity index (χ4n) is 1.53. The average Bonchev–Trinajstić information content (AvgIpc) is 2.28. The number of rotatable bonds is 3. The fraction of sp³-hybridized carbons (Fsp3) is 0.143. The molecule has 0 aliphatic carbocycles. The highest BCUT2D eigenvalue weighted by Crippen LogP contribution is 2.24. The Labute approximate surface area is 109 Å². The maximum atomic E-state index is 9.71. The lowest BCUT2D eigenvalue weighted by Crippen LogP contribution is -1.95. The standard InChI is InChI=1S/C14H13BrO2/c1-10-3-2-4-13(7-10)17-9-11-5-6-12(15)8-14(11)16/h2-8,16H,9H2,1H3. The summed E-state index contributed by atoms with van der Waals surface area (Å²) >= 11 is 3.30. The molecule has 2 aromatic carbocycles. The van der Waals surface area contributed by atoms with Crippen LogP contribution in [0.15, 0.2) is 46.9 Å². The lowest BCUT2D eigenvalue weighted by molar-refractivity contribution is 0.299. The third kappa shape index (κ3) is 3.24. The molecule has 0 aromatic heterocycles. The number of halogens is 1. The van der Waals surface area contributed by atoms with Gasteiger partial charge in [0.2, 0.25) is 0 Å². The lowest BCUT2D eigenvalue weighted by atomic mass is 10.2. The van der Waals surface area contributed by atoms with Crippen molar-refractivity contribution in [2.45, 2.75) is 13.5 Å². The maximum absolute atomic E-state index is 9.71. The molecule has 0 bridgehead atoms. The van der Waals surface area contributed by atoms with Gasteiger partial charge in [-0.3, -0.25) is 0 Å². The number of hydrogen-bond acceptors (Lipinski definition) is 2. The van der Waals surface area contributed by atoms with Crippen LogP contribution in [0.2, 0.25) is 0 Å². The second kappa shape index (κ2) is 5.23. The molecule has 0 amide bonds. The Balaban J connectivity index is 2.07. The van der Waals surface area contributed by atoms with Gasteiger partial charge >= 0.3 is 0 Å². The van der Waals surface area contributed by atoms with Crippen molar-refractivity contribution in [3.63, 3.8) is 0 Å². The minimum atomic E-state index is 0.243. The molecule has 0 radical (unpaired) electrons. The minimum Gasteiger partial charge on any atom is -0.507 e. The zero-order valence-electron chi connectivity index (χ0n) is 9.48.